The number of nitrogens with zero attached hydrogens (tertiary/aromatic N) is 2. The number of rotatable bonds is 4. The van der Waals surface area contributed by atoms with E-state index >= 15 is 0 Å². The molecule has 0 aliphatic rings. The molecule has 0 radical (unpaired) electrons. The molecule has 0 spiro atoms. The highest BCUT2D eigenvalue weighted by molar-refractivity contribution is 14.1. The summed E-state index contributed by atoms with van der Waals surface area (Å²) in [5.41, 5.74) is 1.13. The molecule has 0 fully saturated rings. The van der Waals surface area contributed by atoms with Gasteiger partial charge in [-0.15, -0.1) is 0 Å². The van der Waals surface area contributed by atoms with E-state index in [1.807, 2.05) is 7.05 Å². The molecule has 0 saturated heterocycles. The van der Waals surface area contributed by atoms with Gasteiger partial charge in [-0.25, -0.2) is 9.97 Å². The highest BCUT2D eigenvalue weighted by Crippen LogP contribution is 2.23. The van der Waals surface area contributed by atoms with Gasteiger partial charge in [-0.05, 0) is 28.0 Å². The van der Waals surface area contributed by atoms with Crippen molar-refractivity contribution in [1.82, 2.24) is 9.97 Å². The summed E-state index contributed by atoms with van der Waals surface area (Å²) in [6.07, 6.45) is 0.856. The fourth-order valence-corrected chi connectivity index (χ4v) is 2.16. The summed E-state index contributed by atoms with van der Waals surface area (Å²) in [4.78, 5) is 9.11. The predicted octanol–water partition coefficient (Wildman–Crippen LogP) is 2.86. The molecule has 0 bridgehead atoms. The average Bonchev–Trinajstić information content (AvgIpc) is 2.20. The third kappa shape index (κ3) is 4.39. The van der Waals surface area contributed by atoms with Crippen molar-refractivity contribution < 1.29 is 4.74 Å². The number of anilines is 1. The lowest BCUT2D eigenvalue weighted by molar-refractivity contribution is 0.180. The topological polar surface area (TPSA) is 47.0 Å². The smallest absolute Gasteiger partial charge is 0.143 e. The van der Waals surface area contributed by atoms with E-state index in [2.05, 4.69) is 58.6 Å². The summed E-state index contributed by atoms with van der Waals surface area (Å²) in [6.45, 7) is 7.07. The van der Waals surface area contributed by atoms with E-state index in [0.717, 1.165) is 27.3 Å². The molecule has 1 rings (SSSR count). The molecule has 0 atom stereocenters. The lowest BCUT2D eigenvalue weighted by Crippen LogP contribution is -2.15. The maximum atomic E-state index is 5.17. The third-order valence-corrected chi connectivity index (χ3v) is 3.31. The van der Waals surface area contributed by atoms with Crippen LogP contribution in [0.3, 0.4) is 0 Å². The second kappa shape index (κ2) is 5.95. The zero-order valence-corrected chi connectivity index (χ0v) is 13.3. The first-order chi connectivity index (χ1) is 7.87. The molecule has 4 nitrogen and oxygen atoms in total. The molecule has 1 N–H and O–H groups in total. The first-order valence-corrected chi connectivity index (χ1v) is 6.67. The van der Waals surface area contributed by atoms with Crippen molar-refractivity contribution in [3.8, 4) is 0 Å². The molecule has 0 saturated carbocycles. The predicted molar refractivity (Wildman–Crippen MR) is 78.2 cm³/mol. The largest absolute Gasteiger partial charge is 0.378 e. The molecular formula is C12H20IN3O. The molecule has 0 unspecified atom stereocenters. The number of ether oxygens (including phenoxy) is 1. The molecule has 5 heteroatoms. The van der Waals surface area contributed by atoms with Gasteiger partial charge in [0.15, 0.2) is 0 Å². The fraction of sp³-hybridized carbons (Fsp3) is 0.667. The van der Waals surface area contributed by atoms with Gasteiger partial charge in [-0.2, -0.15) is 0 Å². The van der Waals surface area contributed by atoms with Crippen LogP contribution in [-0.4, -0.2) is 24.1 Å². The molecule has 0 amide bonds. The molecule has 1 aromatic heterocycles. The molecule has 0 aromatic carbocycles. The monoisotopic (exact) mass is 349 g/mol. The van der Waals surface area contributed by atoms with Gasteiger partial charge in [0.25, 0.3) is 0 Å². The van der Waals surface area contributed by atoms with Gasteiger partial charge in [0.1, 0.15) is 11.6 Å². The van der Waals surface area contributed by atoms with Crippen LogP contribution < -0.4 is 5.32 Å². The van der Waals surface area contributed by atoms with Crippen molar-refractivity contribution in [2.24, 2.45) is 5.41 Å². The van der Waals surface area contributed by atoms with Crippen LogP contribution >= 0.6 is 22.6 Å². The van der Waals surface area contributed by atoms with E-state index in [1.165, 1.54) is 0 Å². The van der Waals surface area contributed by atoms with Gasteiger partial charge in [0, 0.05) is 20.6 Å². The van der Waals surface area contributed by atoms with E-state index in [-0.39, 0.29) is 5.41 Å². The Kier molecular flexibility index (Phi) is 5.12. The summed E-state index contributed by atoms with van der Waals surface area (Å²) in [5.74, 6) is 1.75. The van der Waals surface area contributed by atoms with Gasteiger partial charge in [0.05, 0.1) is 15.9 Å². The van der Waals surface area contributed by atoms with E-state index < -0.39 is 0 Å². The maximum absolute atomic E-state index is 5.17. The minimum Gasteiger partial charge on any atom is -0.378 e. The molecule has 1 heterocycles. The SMILES string of the molecule is CNc1nc(CC(C)(C)C)nc(COC)c1I. The quantitative estimate of drug-likeness (QED) is 0.850. The van der Waals surface area contributed by atoms with Crippen molar-refractivity contribution >= 4 is 28.4 Å². The highest BCUT2D eigenvalue weighted by atomic mass is 127. The van der Waals surface area contributed by atoms with Crippen molar-refractivity contribution in [3.63, 3.8) is 0 Å². The van der Waals surface area contributed by atoms with E-state index in [1.54, 1.807) is 7.11 Å². The van der Waals surface area contributed by atoms with E-state index in [4.69, 9.17) is 4.74 Å². The zero-order valence-electron chi connectivity index (χ0n) is 11.1. The molecule has 96 valence electrons. The third-order valence-electron chi connectivity index (χ3n) is 2.17. The Morgan fingerprint density at radius 2 is 1.94 bits per heavy atom. The molecular weight excluding hydrogens is 329 g/mol. The summed E-state index contributed by atoms with van der Waals surface area (Å²) in [6, 6.07) is 0. The first-order valence-electron chi connectivity index (χ1n) is 5.59. The van der Waals surface area contributed by atoms with Crippen LogP contribution in [0.2, 0.25) is 0 Å². The normalized spacial score (nSPS) is 11.6. The van der Waals surface area contributed by atoms with Crippen LogP contribution in [0.1, 0.15) is 32.3 Å². The number of nitrogens with one attached hydrogen (secondary N) is 1. The second-order valence-corrected chi connectivity index (χ2v) is 6.25. The van der Waals surface area contributed by atoms with Gasteiger partial charge in [0.2, 0.25) is 0 Å². The lowest BCUT2D eigenvalue weighted by atomic mass is 9.92. The fourth-order valence-electron chi connectivity index (χ4n) is 1.50. The molecule has 17 heavy (non-hydrogen) atoms. The number of halogens is 1. The van der Waals surface area contributed by atoms with E-state index in [9.17, 15) is 0 Å². The van der Waals surface area contributed by atoms with Crippen LogP contribution in [0.15, 0.2) is 0 Å². The molecule has 0 aliphatic heterocycles. The summed E-state index contributed by atoms with van der Waals surface area (Å²) in [7, 11) is 3.56. The van der Waals surface area contributed by atoms with Crippen molar-refractivity contribution in [3.05, 3.63) is 15.1 Å². The molecule has 1 aromatic rings. The Hall–Kier alpha value is -0.430. The Balaban J connectivity index is 3.11. The Morgan fingerprint density at radius 1 is 1.29 bits per heavy atom. The minimum absolute atomic E-state index is 0.183. The summed E-state index contributed by atoms with van der Waals surface area (Å²) < 4.78 is 6.20. The van der Waals surface area contributed by atoms with Crippen molar-refractivity contribution in [1.29, 1.82) is 0 Å². The Morgan fingerprint density at radius 3 is 2.41 bits per heavy atom. The van der Waals surface area contributed by atoms with Gasteiger partial charge in [-0.1, -0.05) is 20.8 Å². The first kappa shape index (κ1) is 14.6. The van der Waals surface area contributed by atoms with Gasteiger partial charge < -0.3 is 10.1 Å². The maximum Gasteiger partial charge on any atom is 0.143 e. The number of aromatic nitrogens is 2. The standard InChI is InChI=1S/C12H20IN3O/c1-12(2,3)6-9-15-8(7-17-5)10(13)11(14-4)16-9/h6-7H2,1-5H3,(H,14,15,16). The van der Waals surface area contributed by atoms with Crippen molar-refractivity contribution in [2.45, 2.75) is 33.8 Å². The zero-order chi connectivity index (χ0) is 13.1. The lowest BCUT2D eigenvalue weighted by Gasteiger charge is -2.18. The molecule has 0 aliphatic carbocycles. The van der Waals surface area contributed by atoms with Crippen LogP contribution in [-0.2, 0) is 17.8 Å². The minimum atomic E-state index is 0.183. The number of hydrogen-bond acceptors (Lipinski definition) is 4. The summed E-state index contributed by atoms with van der Waals surface area (Å²) >= 11 is 2.25. The van der Waals surface area contributed by atoms with Crippen molar-refractivity contribution in [2.75, 3.05) is 19.5 Å². The summed E-state index contributed by atoms with van der Waals surface area (Å²) in [5, 5.41) is 3.11. The average molecular weight is 349 g/mol. The number of hydrogen-bond donors (Lipinski definition) is 1. The van der Waals surface area contributed by atoms with Crippen LogP contribution in [0.25, 0.3) is 0 Å². The van der Waals surface area contributed by atoms with Gasteiger partial charge >= 0.3 is 0 Å². The van der Waals surface area contributed by atoms with Gasteiger partial charge in [-0.3, -0.25) is 0 Å². The van der Waals surface area contributed by atoms with E-state index in [0.29, 0.717) is 6.61 Å². The Labute approximate surface area is 117 Å². The van der Waals surface area contributed by atoms with Crippen LogP contribution in [0, 0.1) is 8.99 Å². The number of methoxy groups -OCH3 is 1. The highest BCUT2D eigenvalue weighted by Gasteiger charge is 2.17. The Bertz CT molecular complexity index is 388. The second-order valence-electron chi connectivity index (χ2n) is 5.17. The van der Waals surface area contributed by atoms with Crippen LogP contribution in [0.4, 0.5) is 5.82 Å². The van der Waals surface area contributed by atoms with Crippen LogP contribution in [0.5, 0.6) is 0 Å².